The predicted octanol–water partition coefficient (Wildman–Crippen LogP) is 4.67. The minimum absolute atomic E-state index is 0.125. The van der Waals surface area contributed by atoms with Gasteiger partial charge in [-0.15, -0.1) is 0 Å². The summed E-state index contributed by atoms with van der Waals surface area (Å²) in [5.74, 6) is -22.2. The zero-order valence-electron chi connectivity index (χ0n) is 18.1. The molecule has 0 aliphatic heterocycles. The van der Waals surface area contributed by atoms with Crippen molar-refractivity contribution in [1.29, 1.82) is 0 Å². The molecule has 0 aliphatic rings. The molecular formula is C18H10F8N6O6. The van der Waals surface area contributed by atoms with Crippen LogP contribution in [0.5, 0.6) is 0 Å². The molecule has 2 aromatic carbocycles. The fourth-order valence-electron chi connectivity index (χ4n) is 2.28. The fraction of sp³-hybridized carbons (Fsp3) is 0.222. The number of hydrogen-bond acceptors (Lipinski definition) is 8. The Morgan fingerprint density at radius 1 is 0.605 bits per heavy atom. The molecule has 0 spiro atoms. The lowest BCUT2D eigenvalue weighted by molar-refractivity contribution is 0.0251. The van der Waals surface area contributed by atoms with E-state index in [1.807, 2.05) is 9.82 Å². The lowest BCUT2D eigenvalue weighted by Crippen LogP contribution is -2.19. The van der Waals surface area contributed by atoms with Crippen molar-refractivity contribution in [3.8, 4) is 0 Å². The molecule has 0 amide bonds. The summed E-state index contributed by atoms with van der Waals surface area (Å²) < 4.78 is 119. The van der Waals surface area contributed by atoms with Gasteiger partial charge < -0.3 is 19.7 Å². The van der Waals surface area contributed by atoms with Gasteiger partial charge in [-0.25, -0.2) is 44.7 Å². The van der Waals surface area contributed by atoms with Crippen molar-refractivity contribution in [3.63, 3.8) is 0 Å². The van der Waals surface area contributed by atoms with Crippen LogP contribution >= 0.6 is 0 Å². The van der Waals surface area contributed by atoms with Crippen molar-refractivity contribution in [1.82, 2.24) is 0 Å². The standard InChI is InChI=1S/C16H4F8N6O4.C2H6O2/c17-5-3(6(18)10(22)13(9(5)21)27-29-25)15(31)33-1-2-34-16(32)4-7(19)11(23)14(28-30-26)12(24)8(4)20;3-1-2-4/h1-2H2;3-4H,1-2H2. The smallest absolute Gasteiger partial charge is 0.344 e. The van der Waals surface area contributed by atoms with Crippen LogP contribution in [0.3, 0.4) is 0 Å². The molecule has 0 aromatic heterocycles. The molecule has 0 heterocycles. The zero-order chi connectivity index (χ0) is 29.2. The van der Waals surface area contributed by atoms with E-state index in [9.17, 15) is 44.7 Å². The van der Waals surface area contributed by atoms with E-state index < -0.39 is 94.2 Å². The maximum absolute atomic E-state index is 13.9. The molecule has 20 heteroatoms. The highest BCUT2D eigenvalue weighted by atomic mass is 19.2. The Bertz CT molecular complexity index is 1190. The Balaban J connectivity index is 0.00000168. The monoisotopic (exact) mass is 558 g/mol. The first kappa shape index (κ1) is 31.4. The van der Waals surface area contributed by atoms with E-state index in [2.05, 4.69) is 19.7 Å². The van der Waals surface area contributed by atoms with E-state index in [0.29, 0.717) is 0 Å². The summed E-state index contributed by atoms with van der Waals surface area (Å²) in [5.41, 5.74) is 9.07. The minimum atomic E-state index is -2.29. The lowest BCUT2D eigenvalue weighted by Gasteiger charge is -2.11. The van der Waals surface area contributed by atoms with Gasteiger partial charge in [0, 0.05) is 9.82 Å². The van der Waals surface area contributed by atoms with Gasteiger partial charge in [-0.3, -0.25) is 0 Å². The second kappa shape index (κ2) is 14.2. The molecular weight excluding hydrogens is 548 g/mol. The normalized spacial score (nSPS) is 9.95. The summed E-state index contributed by atoms with van der Waals surface area (Å²) >= 11 is 0. The van der Waals surface area contributed by atoms with Crippen LogP contribution in [-0.2, 0) is 9.47 Å². The van der Waals surface area contributed by atoms with Gasteiger partial charge in [-0.1, -0.05) is 10.2 Å². The van der Waals surface area contributed by atoms with Gasteiger partial charge in [0.05, 0.1) is 13.2 Å². The third-order valence-electron chi connectivity index (χ3n) is 3.83. The predicted molar refractivity (Wildman–Crippen MR) is 105 cm³/mol. The van der Waals surface area contributed by atoms with Crippen molar-refractivity contribution >= 4 is 23.3 Å². The van der Waals surface area contributed by atoms with Gasteiger partial charge in [-0.2, -0.15) is 0 Å². The molecule has 0 aliphatic carbocycles. The number of carbonyl (C=O) groups excluding carboxylic acids is 2. The molecule has 12 nitrogen and oxygen atoms in total. The van der Waals surface area contributed by atoms with E-state index >= 15 is 0 Å². The molecule has 0 radical (unpaired) electrons. The molecule has 2 aromatic rings. The fourth-order valence-corrected chi connectivity index (χ4v) is 2.28. The molecule has 0 bridgehead atoms. The van der Waals surface area contributed by atoms with E-state index in [0.717, 1.165) is 0 Å². The first-order valence-corrected chi connectivity index (χ1v) is 9.29. The van der Waals surface area contributed by atoms with Crippen LogP contribution in [0.4, 0.5) is 46.5 Å². The van der Waals surface area contributed by atoms with E-state index in [1.54, 1.807) is 0 Å². The largest absolute Gasteiger partial charge is 0.458 e. The van der Waals surface area contributed by atoms with E-state index in [4.69, 9.17) is 21.3 Å². The number of rotatable bonds is 8. The summed E-state index contributed by atoms with van der Waals surface area (Å²) in [6.07, 6.45) is 0. The Hall–Kier alpha value is -4.64. The number of esters is 2. The first-order chi connectivity index (χ1) is 17.9. The van der Waals surface area contributed by atoms with Gasteiger partial charge in [0.1, 0.15) is 35.7 Å². The van der Waals surface area contributed by atoms with Crippen LogP contribution in [0.25, 0.3) is 20.9 Å². The van der Waals surface area contributed by atoms with Crippen molar-refractivity contribution in [2.24, 2.45) is 10.2 Å². The second-order valence-electron chi connectivity index (χ2n) is 6.06. The van der Waals surface area contributed by atoms with Crippen LogP contribution in [-0.4, -0.2) is 48.6 Å². The molecule has 0 saturated heterocycles. The number of benzene rings is 2. The first-order valence-electron chi connectivity index (χ1n) is 9.29. The van der Waals surface area contributed by atoms with Crippen LogP contribution in [0.15, 0.2) is 10.2 Å². The number of carbonyl (C=O) groups is 2. The Morgan fingerprint density at radius 3 is 1.08 bits per heavy atom. The van der Waals surface area contributed by atoms with Crippen molar-refractivity contribution in [2.75, 3.05) is 26.4 Å². The van der Waals surface area contributed by atoms with Crippen LogP contribution in [0, 0.1) is 46.5 Å². The molecule has 2 rings (SSSR count). The molecule has 0 unspecified atom stereocenters. The van der Waals surface area contributed by atoms with Gasteiger partial charge in [0.2, 0.25) is 0 Å². The van der Waals surface area contributed by atoms with Gasteiger partial charge in [0.25, 0.3) is 0 Å². The van der Waals surface area contributed by atoms with Crippen LogP contribution in [0.1, 0.15) is 20.7 Å². The highest BCUT2D eigenvalue weighted by Gasteiger charge is 2.31. The van der Waals surface area contributed by atoms with E-state index in [-0.39, 0.29) is 13.2 Å². The summed E-state index contributed by atoms with van der Waals surface area (Å²) in [6.45, 7) is -2.51. The molecule has 204 valence electrons. The highest BCUT2D eigenvalue weighted by molar-refractivity contribution is 5.91. The number of halogens is 8. The van der Waals surface area contributed by atoms with Gasteiger partial charge in [-0.05, 0) is 11.1 Å². The SMILES string of the molecule is OCCO.[N-]=[N+]=Nc1c(F)c(F)c(C(=O)OCCOC(=O)c2c(F)c(F)c(N=[N+]=[N-])c(F)c2F)c(F)c1F. The van der Waals surface area contributed by atoms with Gasteiger partial charge >= 0.3 is 11.9 Å². The number of nitrogens with zero attached hydrogens (tertiary/aromatic N) is 6. The zero-order valence-corrected chi connectivity index (χ0v) is 18.1. The number of azide groups is 2. The molecule has 2 N–H and O–H groups in total. The Kier molecular flexibility index (Phi) is 11.7. The molecule has 38 heavy (non-hydrogen) atoms. The maximum atomic E-state index is 13.9. The van der Waals surface area contributed by atoms with Crippen LogP contribution < -0.4 is 0 Å². The number of ether oxygens (including phenoxy) is 2. The van der Waals surface area contributed by atoms with Crippen molar-refractivity contribution in [3.05, 3.63) is 78.6 Å². The summed E-state index contributed by atoms with van der Waals surface area (Å²) in [5, 5.41) is 20.0. The van der Waals surface area contributed by atoms with Crippen LogP contribution in [0.2, 0.25) is 0 Å². The topological polar surface area (TPSA) is 191 Å². The summed E-state index contributed by atoms with van der Waals surface area (Å²) in [6, 6.07) is 0. The third-order valence-corrected chi connectivity index (χ3v) is 3.83. The average molecular weight is 558 g/mol. The second-order valence-corrected chi connectivity index (χ2v) is 6.06. The summed E-state index contributed by atoms with van der Waals surface area (Å²) in [7, 11) is 0. The number of aliphatic hydroxyl groups excluding tert-OH is 2. The quantitative estimate of drug-likeness (QED) is 0.0900. The maximum Gasteiger partial charge on any atom is 0.344 e. The minimum Gasteiger partial charge on any atom is -0.458 e. The Morgan fingerprint density at radius 2 is 0.868 bits per heavy atom. The highest BCUT2D eigenvalue weighted by Crippen LogP contribution is 2.32. The molecule has 0 fully saturated rings. The molecule has 0 atom stereocenters. The third kappa shape index (κ3) is 6.77. The number of aliphatic hydroxyl groups is 2. The van der Waals surface area contributed by atoms with Crippen molar-refractivity contribution in [2.45, 2.75) is 0 Å². The van der Waals surface area contributed by atoms with Crippen molar-refractivity contribution < 1.29 is 64.4 Å². The average Bonchev–Trinajstić information content (AvgIpc) is 2.89. The Labute approximate surface area is 203 Å². The lowest BCUT2D eigenvalue weighted by atomic mass is 10.1. The van der Waals surface area contributed by atoms with Gasteiger partial charge in [0.15, 0.2) is 46.5 Å². The van der Waals surface area contributed by atoms with E-state index in [1.165, 1.54) is 0 Å². The number of hydrogen-bond donors (Lipinski definition) is 2. The summed E-state index contributed by atoms with van der Waals surface area (Å²) in [4.78, 5) is 27.4. The molecule has 0 saturated carbocycles.